The molecule has 35 heavy (non-hydrogen) atoms. The summed E-state index contributed by atoms with van der Waals surface area (Å²) in [5.74, 6) is -4.05. The highest BCUT2D eigenvalue weighted by atomic mass is 19.1. The van der Waals surface area contributed by atoms with E-state index in [0.29, 0.717) is 11.6 Å². The Morgan fingerprint density at radius 3 is 2.11 bits per heavy atom. The SMILES string of the molecule is O=C(NC(Cc1ccc(-c2ccccc2)cc1)C(=O)O)c1cc(-c2ccc(F)cc2F)ccc1O. The van der Waals surface area contributed by atoms with Gasteiger partial charge in [0, 0.05) is 18.1 Å². The normalized spacial score (nSPS) is 11.6. The zero-order valence-corrected chi connectivity index (χ0v) is 18.4. The van der Waals surface area contributed by atoms with E-state index in [1.807, 2.05) is 42.5 Å². The van der Waals surface area contributed by atoms with Gasteiger partial charge in [-0.2, -0.15) is 0 Å². The second-order valence-electron chi connectivity index (χ2n) is 7.99. The summed E-state index contributed by atoms with van der Waals surface area (Å²) in [6.45, 7) is 0. The number of benzene rings is 4. The fourth-order valence-corrected chi connectivity index (χ4v) is 3.74. The van der Waals surface area contributed by atoms with Gasteiger partial charge in [0.05, 0.1) is 5.56 Å². The Morgan fingerprint density at radius 1 is 0.800 bits per heavy atom. The van der Waals surface area contributed by atoms with Crippen LogP contribution in [0.4, 0.5) is 8.78 Å². The van der Waals surface area contributed by atoms with Gasteiger partial charge >= 0.3 is 5.97 Å². The van der Waals surface area contributed by atoms with Crippen molar-refractivity contribution in [3.8, 4) is 28.0 Å². The van der Waals surface area contributed by atoms with Gasteiger partial charge in [-0.15, -0.1) is 0 Å². The lowest BCUT2D eigenvalue weighted by atomic mass is 9.99. The molecule has 0 aliphatic heterocycles. The molecule has 0 heterocycles. The van der Waals surface area contributed by atoms with Crippen molar-refractivity contribution >= 4 is 11.9 Å². The molecule has 0 spiro atoms. The van der Waals surface area contributed by atoms with E-state index < -0.39 is 35.3 Å². The van der Waals surface area contributed by atoms with Gasteiger partial charge in [-0.25, -0.2) is 13.6 Å². The highest BCUT2D eigenvalue weighted by Crippen LogP contribution is 2.28. The fraction of sp³-hybridized carbons (Fsp3) is 0.0714. The van der Waals surface area contributed by atoms with Gasteiger partial charge in [-0.3, -0.25) is 4.79 Å². The van der Waals surface area contributed by atoms with Crippen molar-refractivity contribution in [2.45, 2.75) is 12.5 Å². The van der Waals surface area contributed by atoms with Crippen molar-refractivity contribution in [3.05, 3.63) is 114 Å². The molecule has 4 rings (SSSR count). The maximum Gasteiger partial charge on any atom is 0.326 e. The van der Waals surface area contributed by atoms with Gasteiger partial charge in [-0.05, 0) is 46.5 Å². The Bertz CT molecular complexity index is 1370. The van der Waals surface area contributed by atoms with Crippen LogP contribution in [-0.2, 0) is 11.2 Å². The number of aliphatic carboxylic acids is 1. The topological polar surface area (TPSA) is 86.6 Å². The van der Waals surface area contributed by atoms with Crippen molar-refractivity contribution in [1.29, 1.82) is 0 Å². The Morgan fingerprint density at radius 2 is 1.46 bits per heavy atom. The highest BCUT2D eigenvalue weighted by Gasteiger charge is 2.23. The molecule has 3 N–H and O–H groups in total. The van der Waals surface area contributed by atoms with Crippen LogP contribution in [-0.4, -0.2) is 28.1 Å². The van der Waals surface area contributed by atoms with E-state index >= 15 is 0 Å². The zero-order chi connectivity index (χ0) is 24.9. The number of halogens is 2. The molecule has 0 aliphatic carbocycles. The molecular formula is C28H21F2NO4. The number of hydrogen-bond acceptors (Lipinski definition) is 3. The Balaban J connectivity index is 1.53. The standard InChI is InChI=1S/C28H21F2NO4/c29-21-11-12-22(24(30)16-21)20-10-13-26(32)23(15-20)27(33)31-25(28(34)35)14-17-6-8-19(9-7-17)18-4-2-1-3-5-18/h1-13,15-16,25,32H,14H2,(H,31,33)(H,34,35). The first-order valence-corrected chi connectivity index (χ1v) is 10.8. The predicted octanol–water partition coefficient (Wildman–Crippen LogP) is 5.43. The number of carboxylic acid groups (broad SMARTS) is 1. The van der Waals surface area contributed by atoms with Crippen molar-refractivity contribution in [2.24, 2.45) is 0 Å². The van der Waals surface area contributed by atoms with E-state index in [1.165, 1.54) is 24.3 Å². The van der Waals surface area contributed by atoms with Crippen LogP contribution in [0.1, 0.15) is 15.9 Å². The van der Waals surface area contributed by atoms with Crippen LogP contribution in [0.2, 0.25) is 0 Å². The van der Waals surface area contributed by atoms with Crippen molar-refractivity contribution in [1.82, 2.24) is 5.32 Å². The molecule has 0 saturated carbocycles. The number of phenolic OH excluding ortho intramolecular Hbond substituents is 1. The number of carbonyl (C=O) groups excluding carboxylic acids is 1. The molecule has 4 aromatic carbocycles. The van der Waals surface area contributed by atoms with Crippen molar-refractivity contribution < 1.29 is 28.6 Å². The van der Waals surface area contributed by atoms with Crippen LogP contribution in [0, 0.1) is 11.6 Å². The van der Waals surface area contributed by atoms with E-state index in [-0.39, 0.29) is 23.1 Å². The number of aromatic hydroxyl groups is 1. The lowest BCUT2D eigenvalue weighted by molar-refractivity contribution is -0.139. The molecule has 0 radical (unpaired) electrons. The first-order chi connectivity index (χ1) is 16.8. The number of carboxylic acids is 1. The van der Waals surface area contributed by atoms with Crippen molar-refractivity contribution in [3.63, 3.8) is 0 Å². The molecule has 0 bridgehead atoms. The summed E-state index contributed by atoms with van der Waals surface area (Å²) >= 11 is 0. The predicted molar refractivity (Wildman–Crippen MR) is 128 cm³/mol. The highest BCUT2D eigenvalue weighted by molar-refractivity contribution is 6.00. The van der Waals surface area contributed by atoms with Crippen LogP contribution in [0.15, 0.2) is 91.0 Å². The van der Waals surface area contributed by atoms with Crippen LogP contribution in [0.3, 0.4) is 0 Å². The number of hydrogen-bond donors (Lipinski definition) is 3. The van der Waals surface area contributed by atoms with Crippen LogP contribution < -0.4 is 5.32 Å². The minimum absolute atomic E-state index is 0.0170. The molecule has 0 saturated heterocycles. The molecule has 1 unspecified atom stereocenters. The van der Waals surface area contributed by atoms with E-state index in [2.05, 4.69) is 5.32 Å². The molecule has 5 nitrogen and oxygen atoms in total. The Hall–Kier alpha value is -4.52. The Kier molecular flexibility index (Phi) is 6.87. The summed E-state index contributed by atoms with van der Waals surface area (Å²) in [6, 6.07) is 22.6. The van der Waals surface area contributed by atoms with Gasteiger partial charge in [-0.1, -0.05) is 60.7 Å². The number of carbonyl (C=O) groups is 2. The van der Waals surface area contributed by atoms with Crippen LogP contribution in [0.5, 0.6) is 5.75 Å². The summed E-state index contributed by atoms with van der Waals surface area (Å²) in [6.07, 6.45) is 0.0170. The average Bonchev–Trinajstić information content (AvgIpc) is 2.85. The quantitative estimate of drug-likeness (QED) is 0.334. The zero-order valence-electron chi connectivity index (χ0n) is 18.4. The summed E-state index contributed by atoms with van der Waals surface area (Å²) < 4.78 is 27.4. The molecule has 0 aromatic heterocycles. The molecule has 1 amide bonds. The van der Waals surface area contributed by atoms with Gasteiger partial charge in [0.1, 0.15) is 23.4 Å². The maximum absolute atomic E-state index is 14.2. The minimum Gasteiger partial charge on any atom is -0.507 e. The van der Waals surface area contributed by atoms with E-state index in [0.717, 1.165) is 17.2 Å². The summed E-state index contributed by atoms with van der Waals surface area (Å²) in [4.78, 5) is 24.7. The van der Waals surface area contributed by atoms with E-state index in [1.54, 1.807) is 12.1 Å². The fourth-order valence-electron chi connectivity index (χ4n) is 3.74. The lowest BCUT2D eigenvalue weighted by Gasteiger charge is -2.16. The average molecular weight is 473 g/mol. The van der Waals surface area contributed by atoms with Crippen molar-refractivity contribution in [2.75, 3.05) is 0 Å². The first kappa shape index (κ1) is 23.6. The van der Waals surface area contributed by atoms with Crippen LogP contribution in [0.25, 0.3) is 22.3 Å². The Labute approximate surface area is 200 Å². The maximum atomic E-state index is 14.2. The summed E-state index contributed by atoms with van der Waals surface area (Å²) in [7, 11) is 0. The van der Waals surface area contributed by atoms with Gasteiger partial charge in [0.2, 0.25) is 0 Å². The first-order valence-electron chi connectivity index (χ1n) is 10.8. The summed E-state index contributed by atoms with van der Waals surface area (Å²) in [5.41, 5.74) is 2.73. The molecule has 4 aromatic rings. The van der Waals surface area contributed by atoms with Gasteiger partial charge in [0.15, 0.2) is 0 Å². The van der Waals surface area contributed by atoms with Gasteiger partial charge in [0.25, 0.3) is 5.91 Å². The third kappa shape index (κ3) is 5.52. The smallest absolute Gasteiger partial charge is 0.326 e. The molecule has 176 valence electrons. The lowest BCUT2D eigenvalue weighted by Crippen LogP contribution is -2.42. The van der Waals surface area contributed by atoms with E-state index in [9.17, 15) is 28.6 Å². The largest absolute Gasteiger partial charge is 0.507 e. The second-order valence-corrected chi connectivity index (χ2v) is 7.99. The van der Waals surface area contributed by atoms with E-state index in [4.69, 9.17) is 0 Å². The molecule has 0 aliphatic rings. The van der Waals surface area contributed by atoms with Gasteiger partial charge < -0.3 is 15.5 Å². The molecular weight excluding hydrogens is 452 g/mol. The monoisotopic (exact) mass is 473 g/mol. The number of nitrogens with one attached hydrogen (secondary N) is 1. The minimum atomic E-state index is -1.27. The molecule has 1 atom stereocenters. The molecule has 0 fully saturated rings. The number of rotatable bonds is 7. The third-order valence-corrected chi connectivity index (χ3v) is 5.59. The number of amides is 1. The number of phenols is 1. The second kappa shape index (κ2) is 10.2. The summed E-state index contributed by atoms with van der Waals surface area (Å²) in [5, 5.41) is 22.3. The third-order valence-electron chi connectivity index (χ3n) is 5.59. The molecule has 7 heteroatoms. The van der Waals surface area contributed by atoms with Crippen LogP contribution >= 0.6 is 0 Å².